The van der Waals surface area contributed by atoms with E-state index in [2.05, 4.69) is 0 Å². The van der Waals surface area contributed by atoms with Crippen molar-refractivity contribution in [1.29, 1.82) is 5.26 Å². The van der Waals surface area contributed by atoms with E-state index in [4.69, 9.17) is 25.2 Å². The van der Waals surface area contributed by atoms with Crippen LogP contribution in [0.3, 0.4) is 0 Å². The van der Waals surface area contributed by atoms with E-state index in [-0.39, 0.29) is 11.3 Å². The van der Waals surface area contributed by atoms with Gasteiger partial charge >= 0.3 is 6.03 Å². The second-order valence-electron chi connectivity index (χ2n) is 3.91. The van der Waals surface area contributed by atoms with Crippen molar-refractivity contribution < 1.29 is 23.8 Å². The number of imide groups is 1. The maximum Gasteiger partial charge on any atom is 0.319 e. The number of nitriles is 1. The summed E-state index contributed by atoms with van der Waals surface area (Å²) in [5.74, 6) is 0.108. The number of amides is 3. The molecule has 0 atom stereocenters. The average Bonchev–Trinajstić information content (AvgIpc) is 2.50. The van der Waals surface area contributed by atoms with Crippen molar-refractivity contribution in [2.75, 3.05) is 21.3 Å². The molecule has 8 nitrogen and oxygen atoms in total. The summed E-state index contributed by atoms with van der Waals surface area (Å²) in [6, 6.07) is 3.81. The molecule has 8 heteroatoms. The molecule has 0 aliphatic heterocycles. The van der Waals surface area contributed by atoms with Gasteiger partial charge in [-0.1, -0.05) is 0 Å². The summed E-state index contributed by atoms with van der Waals surface area (Å²) in [5.41, 5.74) is 4.93. The minimum atomic E-state index is -1.05. The third-order valence-electron chi connectivity index (χ3n) is 2.64. The fourth-order valence-electron chi connectivity index (χ4n) is 1.72. The highest BCUT2D eigenvalue weighted by atomic mass is 16.5. The van der Waals surface area contributed by atoms with Gasteiger partial charge in [0.25, 0.3) is 5.91 Å². The van der Waals surface area contributed by atoms with Crippen molar-refractivity contribution in [3.63, 3.8) is 0 Å². The summed E-state index contributed by atoms with van der Waals surface area (Å²) >= 11 is 0. The first kappa shape index (κ1) is 16.8. The van der Waals surface area contributed by atoms with E-state index in [0.717, 1.165) is 0 Å². The maximum absolute atomic E-state index is 11.7. The molecule has 0 saturated heterocycles. The highest BCUT2D eigenvalue weighted by Crippen LogP contribution is 2.40. The second-order valence-corrected chi connectivity index (χ2v) is 3.91. The Balaban J connectivity index is 3.37. The maximum atomic E-state index is 11.7. The lowest BCUT2D eigenvalue weighted by Gasteiger charge is -2.14. The molecule has 1 aromatic carbocycles. The number of rotatable bonds is 5. The molecular formula is C14H15N3O5. The van der Waals surface area contributed by atoms with Gasteiger partial charge in [0.05, 0.1) is 21.3 Å². The number of nitrogens with one attached hydrogen (secondary N) is 1. The number of nitrogens with two attached hydrogens (primary N) is 1. The number of ether oxygens (including phenoxy) is 3. The van der Waals surface area contributed by atoms with E-state index in [1.165, 1.54) is 27.4 Å². The standard InChI is InChI=1S/C14H15N3O5/c1-20-10-5-4-8(11(21-2)12(10)22-3)6-9(7-15)13(18)17-14(16)19/h4-6H,1-3H3,(H3,16,17,18,19)/b9-6-. The van der Waals surface area contributed by atoms with Crippen molar-refractivity contribution in [3.8, 4) is 23.3 Å². The van der Waals surface area contributed by atoms with Crippen LogP contribution in [-0.2, 0) is 4.79 Å². The number of carbonyl (C=O) groups excluding carboxylic acids is 2. The third-order valence-corrected chi connectivity index (χ3v) is 2.64. The zero-order valence-electron chi connectivity index (χ0n) is 12.3. The molecule has 22 heavy (non-hydrogen) atoms. The van der Waals surface area contributed by atoms with E-state index in [1.54, 1.807) is 18.2 Å². The number of hydrogen-bond donors (Lipinski definition) is 2. The summed E-state index contributed by atoms with van der Waals surface area (Å²) in [6.07, 6.45) is 1.25. The van der Waals surface area contributed by atoms with Crippen LogP contribution < -0.4 is 25.3 Å². The Morgan fingerprint density at radius 1 is 1.18 bits per heavy atom. The van der Waals surface area contributed by atoms with Crippen molar-refractivity contribution in [2.24, 2.45) is 5.73 Å². The number of benzene rings is 1. The molecule has 1 aromatic rings. The summed E-state index contributed by atoms with van der Waals surface area (Å²) < 4.78 is 15.6. The van der Waals surface area contributed by atoms with Crippen molar-refractivity contribution in [2.45, 2.75) is 0 Å². The highest BCUT2D eigenvalue weighted by Gasteiger charge is 2.17. The van der Waals surface area contributed by atoms with E-state index in [0.29, 0.717) is 17.1 Å². The first-order chi connectivity index (χ1) is 10.5. The minimum absolute atomic E-state index is 0.279. The monoisotopic (exact) mass is 305 g/mol. The molecule has 0 radical (unpaired) electrons. The lowest BCUT2D eigenvalue weighted by atomic mass is 10.1. The van der Waals surface area contributed by atoms with Gasteiger partial charge in [-0.2, -0.15) is 5.26 Å². The van der Waals surface area contributed by atoms with Crippen LogP contribution >= 0.6 is 0 Å². The predicted molar refractivity (Wildman–Crippen MR) is 77.4 cm³/mol. The summed E-state index contributed by atoms with van der Waals surface area (Å²) in [6.45, 7) is 0. The van der Waals surface area contributed by atoms with Gasteiger partial charge in [0, 0.05) is 5.56 Å². The van der Waals surface area contributed by atoms with Crippen LogP contribution in [0.15, 0.2) is 17.7 Å². The van der Waals surface area contributed by atoms with Gasteiger partial charge in [-0.05, 0) is 18.2 Å². The number of carbonyl (C=O) groups is 2. The molecule has 0 aromatic heterocycles. The molecule has 0 bridgehead atoms. The molecule has 0 saturated carbocycles. The number of methoxy groups -OCH3 is 3. The van der Waals surface area contributed by atoms with E-state index >= 15 is 0 Å². The van der Waals surface area contributed by atoms with Crippen LogP contribution in [0.25, 0.3) is 6.08 Å². The fourth-order valence-corrected chi connectivity index (χ4v) is 1.72. The second kappa shape index (κ2) is 7.54. The van der Waals surface area contributed by atoms with Gasteiger partial charge < -0.3 is 19.9 Å². The van der Waals surface area contributed by atoms with Gasteiger partial charge in [0.2, 0.25) is 5.75 Å². The summed E-state index contributed by atoms with van der Waals surface area (Å²) in [4.78, 5) is 22.3. The molecule has 1 rings (SSSR count). The van der Waals surface area contributed by atoms with Crippen molar-refractivity contribution in [3.05, 3.63) is 23.3 Å². The predicted octanol–water partition coefficient (Wildman–Crippen LogP) is 0.814. The van der Waals surface area contributed by atoms with Crippen molar-refractivity contribution >= 4 is 18.0 Å². The summed E-state index contributed by atoms with van der Waals surface area (Å²) in [7, 11) is 4.30. The minimum Gasteiger partial charge on any atom is -0.493 e. The smallest absolute Gasteiger partial charge is 0.319 e. The molecule has 0 spiro atoms. The van der Waals surface area contributed by atoms with Crippen LogP contribution in [0.4, 0.5) is 4.79 Å². The Bertz CT molecular complexity index is 661. The third kappa shape index (κ3) is 3.67. The normalized spacial score (nSPS) is 10.4. The Morgan fingerprint density at radius 2 is 1.82 bits per heavy atom. The Morgan fingerprint density at radius 3 is 2.27 bits per heavy atom. The zero-order valence-corrected chi connectivity index (χ0v) is 12.3. The number of hydrogen-bond acceptors (Lipinski definition) is 6. The lowest BCUT2D eigenvalue weighted by Crippen LogP contribution is -2.35. The van der Waals surface area contributed by atoms with E-state index in [9.17, 15) is 9.59 Å². The molecule has 0 fully saturated rings. The number of urea groups is 1. The molecule has 3 N–H and O–H groups in total. The molecule has 116 valence electrons. The van der Waals surface area contributed by atoms with Gasteiger partial charge in [0.15, 0.2) is 11.5 Å². The van der Waals surface area contributed by atoms with Crippen LogP contribution in [-0.4, -0.2) is 33.3 Å². The molecule has 0 aliphatic carbocycles. The molecule has 0 aliphatic rings. The Labute approximate surface area is 127 Å². The summed E-state index contributed by atoms with van der Waals surface area (Å²) in [5, 5.41) is 10.8. The van der Waals surface area contributed by atoms with Crippen LogP contribution in [0, 0.1) is 11.3 Å². The van der Waals surface area contributed by atoms with E-state index in [1.807, 2.05) is 5.32 Å². The largest absolute Gasteiger partial charge is 0.493 e. The molecule has 0 heterocycles. The first-order valence-electron chi connectivity index (χ1n) is 6.00. The highest BCUT2D eigenvalue weighted by molar-refractivity contribution is 6.08. The Hall–Kier alpha value is -3.21. The number of primary amides is 1. The van der Waals surface area contributed by atoms with Gasteiger partial charge in [-0.3, -0.25) is 10.1 Å². The van der Waals surface area contributed by atoms with Gasteiger partial charge in [0.1, 0.15) is 11.6 Å². The SMILES string of the molecule is COc1ccc(/C=C(/C#N)C(=O)NC(N)=O)c(OC)c1OC. The first-order valence-corrected chi connectivity index (χ1v) is 6.00. The van der Waals surface area contributed by atoms with Gasteiger partial charge in [-0.15, -0.1) is 0 Å². The molecular weight excluding hydrogens is 290 g/mol. The van der Waals surface area contributed by atoms with Gasteiger partial charge in [-0.25, -0.2) is 4.79 Å². The molecule has 0 unspecified atom stereocenters. The van der Waals surface area contributed by atoms with Crippen LogP contribution in [0.2, 0.25) is 0 Å². The number of nitrogens with zero attached hydrogens (tertiary/aromatic N) is 1. The zero-order chi connectivity index (χ0) is 16.7. The topological polar surface area (TPSA) is 124 Å². The van der Waals surface area contributed by atoms with Crippen LogP contribution in [0.5, 0.6) is 17.2 Å². The fraction of sp³-hybridized carbons (Fsp3) is 0.214. The van der Waals surface area contributed by atoms with E-state index < -0.39 is 11.9 Å². The van der Waals surface area contributed by atoms with Crippen LogP contribution in [0.1, 0.15) is 5.56 Å². The lowest BCUT2D eigenvalue weighted by molar-refractivity contribution is -0.115. The Kier molecular flexibility index (Phi) is 5.77. The molecule has 3 amide bonds. The average molecular weight is 305 g/mol. The quantitative estimate of drug-likeness (QED) is 0.613. The van der Waals surface area contributed by atoms with Crippen molar-refractivity contribution in [1.82, 2.24) is 5.32 Å².